The molecule has 1 fully saturated rings. The molecule has 0 aliphatic carbocycles. The second-order valence-electron chi connectivity index (χ2n) is 4.90. The first-order valence-corrected chi connectivity index (χ1v) is 7.09. The summed E-state index contributed by atoms with van der Waals surface area (Å²) in [7, 11) is 1.67. The van der Waals surface area contributed by atoms with Gasteiger partial charge in [0.25, 0.3) is 0 Å². The van der Waals surface area contributed by atoms with Crippen LogP contribution in [-0.4, -0.2) is 79.9 Å². The number of nitrogens with zero attached hydrogens (tertiary/aromatic N) is 2. The van der Waals surface area contributed by atoms with E-state index < -0.39 is 5.97 Å². The average molecular weight is 287 g/mol. The lowest BCUT2D eigenvalue weighted by atomic mass is 10.3. The van der Waals surface area contributed by atoms with Crippen molar-refractivity contribution in [2.75, 3.05) is 53.0 Å². The van der Waals surface area contributed by atoms with E-state index in [-0.39, 0.29) is 12.5 Å². The van der Waals surface area contributed by atoms with Crippen LogP contribution in [0.1, 0.15) is 19.3 Å². The van der Waals surface area contributed by atoms with Crippen LogP contribution in [0.5, 0.6) is 0 Å². The van der Waals surface area contributed by atoms with Crippen LogP contribution in [0.15, 0.2) is 0 Å². The largest absolute Gasteiger partial charge is 0.481 e. The van der Waals surface area contributed by atoms with Gasteiger partial charge in [-0.25, -0.2) is 4.79 Å². The Balaban J connectivity index is 2.11. The first kappa shape index (κ1) is 16.7. The maximum atomic E-state index is 11.9. The van der Waals surface area contributed by atoms with E-state index in [2.05, 4.69) is 10.2 Å². The Labute approximate surface area is 119 Å². The highest BCUT2D eigenvalue weighted by molar-refractivity contribution is 5.74. The molecule has 0 unspecified atom stereocenters. The normalized spacial score (nSPS) is 16.1. The topological polar surface area (TPSA) is 82.1 Å². The number of unbranched alkanes of at least 4 members (excludes halogenated alkanes) is 1. The van der Waals surface area contributed by atoms with E-state index in [0.717, 1.165) is 32.5 Å². The van der Waals surface area contributed by atoms with Crippen molar-refractivity contribution >= 4 is 12.0 Å². The third kappa shape index (κ3) is 6.72. The lowest BCUT2D eigenvalue weighted by molar-refractivity contribution is -0.137. The molecule has 0 atom stereocenters. The molecule has 2 amide bonds. The Kier molecular flexibility index (Phi) is 7.98. The summed E-state index contributed by atoms with van der Waals surface area (Å²) in [5, 5.41) is 11.5. The van der Waals surface area contributed by atoms with Gasteiger partial charge in [0.1, 0.15) is 0 Å². The Morgan fingerprint density at radius 2 is 1.90 bits per heavy atom. The molecule has 1 aliphatic rings. The molecule has 2 N–H and O–H groups in total. The summed E-state index contributed by atoms with van der Waals surface area (Å²) in [6.07, 6.45) is 2.02. The third-order valence-electron chi connectivity index (χ3n) is 3.35. The highest BCUT2D eigenvalue weighted by Crippen LogP contribution is 2.03. The fraction of sp³-hybridized carbons (Fsp3) is 0.846. The maximum Gasteiger partial charge on any atom is 0.317 e. The SMILES string of the molecule is COCCCCNC(=O)N1CCN(CCC(=O)O)CC1. The summed E-state index contributed by atoms with van der Waals surface area (Å²) < 4.78 is 4.95. The number of urea groups is 1. The fourth-order valence-electron chi connectivity index (χ4n) is 2.11. The second-order valence-corrected chi connectivity index (χ2v) is 4.90. The number of carbonyl (C=O) groups is 2. The predicted octanol–water partition coefficient (Wildman–Crippen LogP) is 0.215. The zero-order chi connectivity index (χ0) is 14.8. The molecule has 0 saturated carbocycles. The van der Waals surface area contributed by atoms with Gasteiger partial charge in [-0.05, 0) is 12.8 Å². The molecule has 0 aromatic carbocycles. The number of hydrogen-bond acceptors (Lipinski definition) is 4. The molecule has 1 saturated heterocycles. The van der Waals surface area contributed by atoms with E-state index in [0.29, 0.717) is 26.2 Å². The fourth-order valence-corrected chi connectivity index (χ4v) is 2.11. The minimum Gasteiger partial charge on any atom is -0.481 e. The minimum atomic E-state index is -0.777. The zero-order valence-electron chi connectivity index (χ0n) is 12.1. The summed E-state index contributed by atoms with van der Waals surface area (Å²) >= 11 is 0. The number of ether oxygens (including phenoxy) is 1. The molecular formula is C13H25N3O4. The van der Waals surface area contributed by atoms with Crippen molar-refractivity contribution < 1.29 is 19.4 Å². The van der Waals surface area contributed by atoms with Gasteiger partial charge in [0.2, 0.25) is 0 Å². The number of amides is 2. The Morgan fingerprint density at radius 1 is 1.20 bits per heavy atom. The standard InChI is InChI=1S/C13H25N3O4/c1-20-11-3-2-5-14-13(19)16-9-7-15(8-10-16)6-4-12(17)18/h2-11H2,1H3,(H,14,19)(H,17,18). The van der Waals surface area contributed by atoms with Gasteiger partial charge in [0.05, 0.1) is 6.42 Å². The highest BCUT2D eigenvalue weighted by Gasteiger charge is 2.20. The highest BCUT2D eigenvalue weighted by atomic mass is 16.5. The number of piperazine rings is 1. The first-order valence-electron chi connectivity index (χ1n) is 7.09. The van der Waals surface area contributed by atoms with E-state index in [1.165, 1.54) is 0 Å². The lowest BCUT2D eigenvalue weighted by Gasteiger charge is -2.34. The van der Waals surface area contributed by atoms with Gasteiger partial charge in [-0.15, -0.1) is 0 Å². The molecule has 0 radical (unpaired) electrons. The number of methoxy groups -OCH3 is 1. The molecule has 0 bridgehead atoms. The van der Waals surface area contributed by atoms with Gasteiger partial charge in [-0.1, -0.05) is 0 Å². The molecule has 0 aromatic heterocycles. The van der Waals surface area contributed by atoms with E-state index in [1.54, 1.807) is 12.0 Å². The van der Waals surface area contributed by atoms with E-state index in [4.69, 9.17) is 9.84 Å². The Hall–Kier alpha value is -1.34. The van der Waals surface area contributed by atoms with Crippen molar-refractivity contribution in [2.45, 2.75) is 19.3 Å². The molecule has 116 valence electrons. The second kappa shape index (κ2) is 9.55. The predicted molar refractivity (Wildman–Crippen MR) is 74.8 cm³/mol. The average Bonchev–Trinajstić information content (AvgIpc) is 2.45. The van der Waals surface area contributed by atoms with Crippen LogP contribution in [0.3, 0.4) is 0 Å². The van der Waals surface area contributed by atoms with E-state index >= 15 is 0 Å². The van der Waals surface area contributed by atoms with E-state index in [9.17, 15) is 9.59 Å². The Bertz CT molecular complexity index is 304. The first-order chi connectivity index (χ1) is 9.63. The summed E-state index contributed by atoms with van der Waals surface area (Å²) in [5.74, 6) is -0.777. The van der Waals surface area contributed by atoms with Crippen LogP contribution in [-0.2, 0) is 9.53 Å². The van der Waals surface area contributed by atoms with Crippen LogP contribution in [0, 0.1) is 0 Å². The number of nitrogens with one attached hydrogen (secondary N) is 1. The number of carbonyl (C=O) groups excluding carboxylic acids is 1. The van der Waals surface area contributed by atoms with Gasteiger partial charge in [-0.3, -0.25) is 9.69 Å². The van der Waals surface area contributed by atoms with Crippen LogP contribution >= 0.6 is 0 Å². The zero-order valence-corrected chi connectivity index (χ0v) is 12.1. The number of hydrogen-bond donors (Lipinski definition) is 2. The lowest BCUT2D eigenvalue weighted by Crippen LogP contribution is -2.52. The van der Waals surface area contributed by atoms with Crippen molar-refractivity contribution in [1.82, 2.24) is 15.1 Å². The van der Waals surface area contributed by atoms with E-state index in [1.807, 2.05) is 0 Å². The van der Waals surface area contributed by atoms with Crippen molar-refractivity contribution in [1.29, 1.82) is 0 Å². The summed E-state index contributed by atoms with van der Waals surface area (Å²) in [4.78, 5) is 26.2. The summed E-state index contributed by atoms with van der Waals surface area (Å²) in [6, 6.07) is -0.0275. The molecular weight excluding hydrogens is 262 g/mol. The van der Waals surface area contributed by atoms with Gasteiger partial charge in [0, 0.05) is 53.0 Å². The molecule has 20 heavy (non-hydrogen) atoms. The number of rotatable bonds is 8. The van der Waals surface area contributed by atoms with Crippen LogP contribution < -0.4 is 5.32 Å². The number of carboxylic acid groups (broad SMARTS) is 1. The van der Waals surface area contributed by atoms with Gasteiger partial charge in [-0.2, -0.15) is 0 Å². The molecule has 0 spiro atoms. The van der Waals surface area contributed by atoms with Gasteiger partial charge >= 0.3 is 12.0 Å². The van der Waals surface area contributed by atoms with Crippen molar-refractivity contribution in [3.8, 4) is 0 Å². The van der Waals surface area contributed by atoms with Crippen LogP contribution in [0.4, 0.5) is 4.79 Å². The summed E-state index contributed by atoms with van der Waals surface area (Å²) in [5.41, 5.74) is 0. The summed E-state index contributed by atoms with van der Waals surface area (Å²) in [6.45, 7) is 4.74. The molecule has 1 rings (SSSR count). The van der Waals surface area contributed by atoms with Crippen LogP contribution in [0.2, 0.25) is 0 Å². The van der Waals surface area contributed by atoms with Crippen molar-refractivity contribution in [3.05, 3.63) is 0 Å². The smallest absolute Gasteiger partial charge is 0.317 e. The monoisotopic (exact) mass is 287 g/mol. The third-order valence-corrected chi connectivity index (χ3v) is 3.35. The number of carboxylic acids is 1. The number of aliphatic carboxylic acids is 1. The van der Waals surface area contributed by atoms with Crippen LogP contribution in [0.25, 0.3) is 0 Å². The quantitative estimate of drug-likeness (QED) is 0.624. The van der Waals surface area contributed by atoms with Crippen molar-refractivity contribution in [2.24, 2.45) is 0 Å². The maximum absolute atomic E-state index is 11.9. The molecule has 0 aromatic rings. The Morgan fingerprint density at radius 3 is 2.50 bits per heavy atom. The van der Waals surface area contributed by atoms with Gasteiger partial charge < -0.3 is 20.1 Å². The molecule has 1 heterocycles. The van der Waals surface area contributed by atoms with Crippen molar-refractivity contribution in [3.63, 3.8) is 0 Å². The molecule has 1 aliphatic heterocycles. The molecule has 7 nitrogen and oxygen atoms in total. The van der Waals surface area contributed by atoms with Gasteiger partial charge in [0.15, 0.2) is 0 Å². The molecule has 7 heteroatoms. The minimum absolute atomic E-state index is 0.0275.